The zero-order chi connectivity index (χ0) is 8.72. The number of nitrogens with zero attached hydrogens (tertiary/aromatic N) is 1. The maximum atomic E-state index is 11.0. The molecule has 0 radical (unpaired) electrons. The summed E-state index contributed by atoms with van der Waals surface area (Å²) in [5, 5.41) is 4.65. The zero-order valence-electron chi connectivity index (χ0n) is 6.16. The Bertz CT molecular complexity index is 275. The molecule has 0 spiro atoms. The van der Waals surface area contributed by atoms with Crippen molar-refractivity contribution in [1.82, 2.24) is 15.5 Å². The van der Waals surface area contributed by atoms with Gasteiger partial charge in [-0.3, -0.25) is 14.9 Å². The van der Waals surface area contributed by atoms with Crippen molar-refractivity contribution in [3.63, 3.8) is 0 Å². The molecule has 0 aromatic heterocycles. The van der Waals surface area contributed by atoms with Gasteiger partial charge in [0.15, 0.2) is 0 Å². The first-order valence-corrected chi connectivity index (χ1v) is 3.56. The van der Waals surface area contributed by atoms with Crippen molar-refractivity contribution in [2.75, 3.05) is 13.1 Å². The van der Waals surface area contributed by atoms with Gasteiger partial charge < -0.3 is 10.2 Å². The van der Waals surface area contributed by atoms with Crippen molar-refractivity contribution in [2.45, 2.75) is 6.04 Å². The van der Waals surface area contributed by atoms with E-state index in [2.05, 4.69) is 10.6 Å². The molecular formula is C6H7N3O3. The van der Waals surface area contributed by atoms with E-state index in [0.717, 1.165) is 0 Å². The van der Waals surface area contributed by atoms with Gasteiger partial charge in [0.25, 0.3) is 5.91 Å². The van der Waals surface area contributed by atoms with E-state index in [-0.39, 0.29) is 24.9 Å². The Hall–Kier alpha value is -1.59. The standard InChI is InChI=1S/C6H7N3O3/c10-4-2-9-3(1-7-4)5(11)8-6(9)12/h3H,1-2H2,(H,7,10)(H,8,11,12). The predicted octanol–water partition coefficient (Wildman–Crippen LogP) is -1.96. The number of rotatable bonds is 0. The van der Waals surface area contributed by atoms with Gasteiger partial charge in [-0.05, 0) is 0 Å². The van der Waals surface area contributed by atoms with E-state index >= 15 is 0 Å². The Balaban J connectivity index is 2.22. The van der Waals surface area contributed by atoms with Crippen molar-refractivity contribution in [1.29, 1.82) is 0 Å². The van der Waals surface area contributed by atoms with Crippen LogP contribution >= 0.6 is 0 Å². The molecule has 2 fully saturated rings. The van der Waals surface area contributed by atoms with E-state index in [1.807, 2.05) is 0 Å². The van der Waals surface area contributed by atoms with Crippen LogP contribution in [-0.2, 0) is 9.59 Å². The molecule has 0 aromatic rings. The second kappa shape index (κ2) is 2.20. The molecule has 0 aromatic carbocycles. The van der Waals surface area contributed by atoms with Gasteiger partial charge in [0.2, 0.25) is 5.91 Å². The molecule has 12 heavy (non-hydrogen) atoms. The predicted molar refractivity (Wildman–Crippen MR) is 37.0 cm³/mol. The molecule has 6 nitrogen and oxygen atoms in total. The fourth-order valence-electron chi connectivity index (χ4n) is 1.35. The van der Waals surface area contributed by atoms with Gasteiger partial charge in [-0.2, -0.15) is 0 Å². The summed E-state index contributed by atoms with van der Waals surface area (Å²) in [6.07, 6.45) is 0. The van der Waals surface area contributed by atoms with Gasteiger partial charge in [0, 0.05) is 6.54 Å². The number of amides is 4. The first kappa shape index (κ1) is 7.08. The largest absolute Gasteiger partial charge is 0.352 e. The van der Waals surface area contributed by atoms with Crippen molar-refractivity contribution < 1.29 is 14.4 Å². The van der Waals surface area contributed by atoms with E-state index in [9.17, 15) is 14.4 Å². The Morgan fingerprint density at radius 2 is 2.08 bits per heavy atom. The molecule has 4 amide bonds. The molecule has 64 valence electrons. The van der Waals surface area contributed by atoms with Crippen LogP contribution in [0.2, 0.25) is 0 Å². The summed E-state index contributed by atoms with van der Waals surface area (Å²) in [6, 6.07) is -0.977. The SMILES string of the molecule is O=C1CN2C(=O)NC(=O)C2CN1. The summed E-state index contributed by atoms with van der Waals surface area (Å²) in [6.45, 7) is 0.193. The van der Waals surface area contributed by atoms with Crippen LogP contribution in [0.1, 0.15) is 0 Å². The second-order valence-corrected chi connectivity index (χ2v) is 2.74. The number of fused-ring (bicyclic) bond motifs is 1. The number of carbonyl (C=O) groups excluding carboxylic acids is 3. The molecule has 2 N–H and O–H groups in total. The minimum Gasteiger partial charge on any atom is -0.352 e. The normalized spacial score (nSPS) is 28.2. The average Bonchev–Trinajstić information content (AvgIpc) is 2.28. The van der Waals surface area contributed by atoms with Crippen LogP contribution in [0.25, 0.3) is 0 Å². The van der Waals surface area contributed by atoms with Crippen molar-refractivity contribution in [3.8, 4) is 0 Å². The quantitative estimate of drug-likeness (QED) is 0.413. The lowest BCUT2D eigenvalue weighted by Gasteiger charge is -2.26. The lowest BCUT2D eigenvalue weighted by Crippen LogP contribution is -2.54. The number of nitrogens with one attached hydrogen (secondary N) is 2. The number of urea groups is 1. The summed E-state index contributed by atoms with van der Waals surface area (Å²) >= 11 is 0. The van der Waals surface area contributed by atoms with Crippen LogP contribution in [0.15, 0.2) is 0 Å². The molecule has 6 heteroatoms. The van der Waals surface area contributed by atoms with Crippen molar-refractivity contribution >= 4 is 17.8 Å². The second-order valence-electron chi connectivity index (χ2n) is 2.74. The average molecular weight is 169 g/mol. The highest BCUT2D eigenvalue weighted by Gasteiger charge is 2.41. The molecule has 0 saturated carbocycles. The fraction of sp³-hybridized carbons (Fsp3) is 0.500. The zero-order valence-corrected chi connectivity index (χ0v) is 6.16. The van der Waals surface area contributed by atoms with Crippen molar-refractivity contribution in [2.24, 2.45) is 0 Å². The highest BCUT2D eigenvalue weighted by molar-refractivity contribution is 6.06. The smallest absolute Gasteiger partial charge is 0.325 e. The molecule has 2 aliphatic rings. The maximum Gasteiger partial charge on any atom is 0.325 e. The molecule has 1 atom stereocenters. The summed E-state index contributed by atoms with van der Waals surface area (Å²) in [5.41, 5.74) is 0. The van der Waals surface area contributed by atoms with Gasteiger partial charge in [0.05, 0.1) is 0 Å². The van der Waals surface area contributed by atoms with E-state index in [4.69, 9.17) is 0 Å². The highest BCUT2D eigenvalue weighted by Crippen LogP contribution is 2.09. The lowest BCUT2D eigenvalue weighted by molar-refractivity contribution is -0.127. The number of hydrogen-bond donors (Lipinski definition) is 2. The van der Waals surface area contributed by atoms with Crippen LogP contribution in [-0.4, -0.2) is 41.9 Å². The Labute approximate surface area is 67.9 Å². The summed E-state index contributed by atoms with van der Waals surface area (Å²) in [4.78, 5) is 34.0. The van der Waals surface area contributed by atoms with E-state index in [1.165, 1.54) is 4.90 Å². The monoisotopic (exact) mass is 169 g/mol. The number of carbonyl (C=O) groups is 3. The molecule has 2 rings (SSSR count). The Morgan fingerprint density at radius 3 is 2.83 bits per heavy atom. The number of piperazine rings is 1. The van der Waals surface area contributed by atoms with Crippen LogP contribution in [0, 0.1) is 0 Å². The van der Waals surface area contributed by atoms with E-state index in [1.54, 1.807) is 0 Å². The maximum absolute atomic E-state index is 11.0. The van der Waals surface area contributed by atoms with Gasteiger partial charge >= 0.3 is 6.03 Å². The first-order valence-electron chi connectivity index (χ1n) is 3.56. The van der Waals surface area contributed by atoms with E-state index < -0.39 is 12.1 Å². The first-order chi connectivity index (χ1) is 5.68. The van der Waals surface area contributed by atoms with Crippen LogP contribution in [0.3, 0.4) is 0 Å². The molecule has 1 unspecified atom stereocenters. The molecular weight excluding hydrogens is 162 g/mol. The number of imide groups is 1. The third kappa shape index (κ3) is 0.843. The molecule has 2 heterocycles. The molecule has 0 aliphatic carbocycles. The minimum atomic E-state index is -0.504. The third-order valence-electron chi connectivity index (χ3n) is 1.98. The highest BCUT2D eigenvalue weighted by atomic mass is 16.2. The fourth-order valence-corrected chi connectivity index (χ4v) is 1.35. The van der Waals surface area contributed by atoms with Crippen LogP contribution < -0.4 is 10.6 Å². The minimum absolute atomic E-state index is 0.0256. The van der Waals surface area contributed by atoms with Crippen LogP contribution in [0.4, 0.5) is 4.79 Å². The third-order valence-corrected chi connectivity index (χ3v) is 1.98. The summed E-state index contributed by atoms with van der Waals surface area (Å²) in [5.74, 6) is -0.559. The van der Waals surface area contributed by atoms with Gasteiger partial charge in [-0.15, -0.1) is 0 Å². The Morgan fingerprint density at radius 1 is 1.33 bits per heavy atom. The van der Waals surface area contributed by atoms with Crippen LogP contribution in [0.5, 0.6) is 0 Å². The van der Waals surface area contributed by atoms with E-state index in [0.29, 0.717) is 0 Å². The topological polar surface area (TPSA) is 78.5 Å². The van der Waals surface area contributed by atoms with Gasteiger partial charge in [-0.1, -0.05) is 0 Å². The Kier molecular flexibility index (Phi) is 1.30. The molecule has 0 bridgehead atoms. The van der Waals surface area contributed by atoms with Crippen molar-refractivity contribution in [3.05, 3.63) is 0 Å². The summed E-state index contributed by atoms with van der Waals surface area (Å²) < 4.78 is 0. The number of hydrogen-bond acceptors (Lipinski definition) is 3. The van der Waals surface area contributed by atoms with Gasteiger partial charge in [0.1, 0.15) is 12.6 Å². The lowest BCUT2D eigenvalue weighted by atomic mass is 10.2. The van der Waals surface area contributed by atoms with Gasteiger partial charge in [-0.25, -0.2) is 4.79 Å². The molecule has 2 aliphatic heterocycles. The molecule has 2 saturated heterocycles. The summed E-state index contributed by atoms with van der Waals surface area (Å²) in [7, 11) is 0.